The zero-order chi connectivity index (χ0) is 11.4. The summed E-state index contributed by atoms with van der Waals surface area (Å²) in [5.41, 5.74) is 2.35. The third kappa shape index (κ3) is 2.60. The molecule has 1 aromatic rings. The maximum absolute atomic E-state index is 9.00. The molecule has 1 atom stereocenters. The summed E-state index contributed by atoms with van der Waals surface area (Å²) in [5, 5.41) is 20.7. The summed E-state index contributed by atoms with van der Waals surface area (Å²) in [6, 6.07) is 10.1. The number of aliphatic hydroxyl groups excluding tert-OH is 1. The number of benzene rings is 1. The van der Waals surface area contributed by atoms with Crippen LogP contribution in [0.25, 0.3) is 0 Å². The van der Waals surface area contributed by atoms with E-state index >= 15 is 0 Å². The van der Waals surface area contributed by atoms with E-state index in [2.05, 4.69) is 23.5 Å². The van der Waals surface area contributed by atoms with Gasteiger partial charge < -0.3 is 5.11 Å². The molecule has 3 nitrogen and oxygen atoms in total. The molecule has 1 aromatic carbocycles. The highest BCUT2D eigenvalue weighted by Gasteiger charge is 2.23. The van der Waals surface area contributed by atoms with Crippen molar-refractivity contribution < 1.29 is 5.11 Å². The first-order chi connectivity index (χ1) is 7.85. The molecule has 84 valence electrons. The van der Waals surface area contributed by atoms with Gasteiger partial charge in [0.05, 0.1) is 12.7 Å². The molecule has 3 heteroatoms. The smallest absolute Gasteiger partial charge is 0.121 e. The number of nitriles is 1. The van der Waals surface area contributed by atoms with Crippen molar-refractivity contribution in [2.24, 2.45) is 0 Å². The molecule has 0 amide bonds. The molecule has 0 radical (unpaired) electrons. The molecular formula is C13H16N2O. The maximum Gasteiger partial charge on any atom is 0.121 e. The van der Waals surface area contributed by atoms with Gasteiger partial charge in [-0.25, -0.2) is 0 Å². The van der Waals surface area contributed by atoms with Crippen LogP contribution in [0, 0.1) is 11.3 Å². The van der Waals surface area contributed by atoms with E-state index in [0.717, 1.165) is 11.5 Å². The first-order valence-electron chi connectivity index (χ1n) is 5.69. The van der Waals surface area contributed by atoms with Crippen LogP contribution in [-0.2, 0) is 0 Å². The highest BCUT2D eigenvalue weighted by atomic mass is 16.3. The van der Waals surface area contributed by atoms with Gasteiger partial charge in [-0.05, 0) is 29.9 Å². The topological polar surface area (TPSA) is 56.0 Å². The molecule has 1 saturated carbocycles. The number of aliphatic hydroxyl groups is 1. The van der Waals surface area contributed by atoms with Gasteiger partial charge in [0.1, 0.15) is 6.04 Å². The Morgan fingerprint density at radius 2 is 2.06 bits per heavy atom. The van der Waals surface area contributed by atoms with Crippen LogP contribution in [0.1, 0.15) is 35.9 Å². The van der Waals surface area contributed by atoms with Gasteiger partial charge in [0.25, 0.3) is 0 Å². The van der Waals surface area contributed by atoms with E-state index in [4.69, 9.17) is 10.4 Å². The molecule has 0 aliphatic heterocycles. The van der Waals surface area contributed by atoms with E-state index in [1.54, 1.807) is 0 Å². The summed E-state index contributed by atoms with van der Waals surface area (Å²) in [7, 11) is 0. The number of nitrogens with zero attached hydrogens (tertiary/aromatic N) is 1. The van der Waals surface area contributed by atoms with Gasteiger partial charge in [-0.3, -0.25) is 5.32 Å². The first-order valence-corrected chi connectivity index (χ1v) is 5.69. The Morgan fingerprint density at radius 1 is 1.38 bits per heavy atom. The average Bonchev–Trinajstić information content (AvgIpc) is 3.15. The first kappa shape index (κ1) is 11.1. The Morgan fingerprint density at radius 3 is 2.56 bits per heavy atom. The minimum absolute atomic E-state index is 0.0539. The molecule has 0 aromatic heterocycles. The maximum atomic E-state index is 9.00. The fourth-order valence-electron chi connectivity index (χ4n) is 1.82. The zero-order valence-corrected chi connectivity index (χ0v) is 9.19. The van der Waals surface area contributed by atoms with Crippen LogP contribution in [0.4, 0.5) is 0 Å². The van der Waals surface area contributed by atoms with Gasteiger partial charge in [-0.1, -0.05) is 24.3 Å². The molecule has 0 saturated heterocycles. The van der Waals surface area contributed by atoms with Crippen molar-refractivity contribution in [3.63, 3.8) is 0 Å². The lowest BCUT2D eigenvalue weighted by molar-refractivity contribution is 0.289. The number of rotatable bonds is 5. The Bertz CT molecular complexity index is 376. The van der Waals surface area contributed by atoms with E-state index in [1.807, 2.05) is 12.1 Å². The summed E-state index contributed by atoms with van der Waals surface area (Å²) >= 11 is 0. The molecule has 0 heterocycles. The zero-order valence-electron chi connectivity index (χ0n) is 9.19. The minimum atomic E-state index is -0.319. The second-order valence-corrected chi connectivity index (χ2v) is 4.18. The Labute approximate surface area is 95.7 Å². The van der Waals surface area contributed by atoms with Crippen LogP contribution < -0.4 is 5.32 Å². The van der Waals surface area contributed by atoms with Gasteiger partial charge in [-0.15, -0.1) is 0 Å². The van der Waals surface area contributed by atoms with E-state index in [9.17, 15) is 0 Å². The van der Waals surface area contributed by atoms with Crippen LogP contribution >= 0.6 is 0 Å². The lowest BCUT2D eigenvalue weighted by atomic mass is 10.0. The largest absolute Gasteiger partial charge is 0.395 e. The third-order valence-corrected chi connectivity index (χ3v) is 2.91. The second-order valence-electron chi connectivity index (χ2n) is 4.18. The fourth-order valence-corrected chi connectivity index (χ4v) is 1.82. The van der Waals surface area contributed by atoms with Gasteiger partial charge in [0, 0.05) is 6.54 Å². The van der Waals surface area contributed by atoms with E-state index in [0.29, 0.717) is 6.54 Å². The monoisotopic (exact) mass is 216 g/mol. The van der Waals surface area contributed by atoms with E-state index < -0.39 is 0 Å². The predicted molar refractivity (Wildman–Crippen MR) is 61.9 cm³/mol. The molecular weight excluding hydrogens is 200 g/mol. The predicted octanol–water partition coefficient (Wildman–Crippen LogP) is 1.71. The summed E-state index contributed by atoms with van der Waals surface area (Å²) in [6.07, 6.45) is 2.59. The quantitative estimate of drug-likeness (QED) is 0.787. The van der Waals surface area contributed by atoms with Crippen LogP contribution in [0.5, 0.6) is 0 Å². The van der Waals surface area contributed by atoms with Crippen LogP contribution in [0.15, 0.2) is 24.3 Å². The SMILES string of the molecule is N#CC(NCCO)c1ccc(C2CC2)cc1. The second kappa shape index (κ2) is 5.11. The Hall–Kier alpha value is -1.37. The minimum Gasteiger partial charge on any atom is -0.395 e. The van der Waals surface area contributed by atoms with Crippen LogP contribution in [0.2, 0.25) is 0 Å². The van der Waals surface area contributed by atoms with Crippen LogP contribution in [-0.4, -0.2) is 18.3 Å². The summed E-state index contributed by atoms with van der Waals surface area (Å²) < 4.78 is 0. The molecule has 2 rings (SSSR count). The number of nitrogens with one attached hydrogen (secondary N) is 1. The fraction of sp³-hybridized carbons (Fsp3) is 0.462. The number of hydrogen-bond donors (Lipinski definition) is 2. The summed E-state index contributed by atoms with van der Waals surface area (Å²) in [6.45, 7) is 0.501. The van der Waals surface area contributed by atoms with Crippen molar-refractivity contribution in [1.82, 2.24) is 5.32 Å². The normalized spacial score (nSPS) is 16.8. The lowest BCUT2D eigenvalue weighted by Gasteiger charge is -2.11. The molecule has 16 heavy (non-hydrogen) atoms. The van der Waals surface area contributed by atoms with Crippen molar-refractivity contribution >= 4 is 0 Å². The Balaban J connectivity index is 2.03. The molecule has 0 spiro atoms. The molecule has 1 aliphatic rings. The molecule has 1 unspecified atom stereocenters. The van der Waals surface area contributed by atoms with Crippen LogP contribution in [0.3, 0.4) is 0 Å². The van der Waals surface area contributed by atoms with Gasteiger partial charge in [0.15, 0.2) is 0 Å². The summed E-state index contributed by atoms with van der Waals surface area (Å²) in [5.74, 6) is 0.750. The number of hydrogen-bond acceptors (Lipinski definition) is 3. The highest BCUT2D eigenvalue weighted by molar-refractivity contribution is 5.31. The van der Waals surface area contributed by atoms with Crippen molar-refractivity contribution in [2.45, 2.75) is 24.8 Å². The van der Waals surface area contributed by atoms with Gasteiger partial charge in [0.2, 0.25) is 0 Å². The van der Waals surface area contributed by atoms with Gasteiger partial charge >= 0.3 is 0 Å². The van der Waals surface area contributed by atoms with E-state index in [1.165, 1.54) is 18.4 Å². The molecule has 1 aliphatic carbocycles. The summed E-state index contributed by atoms with van der Waals surface area (Å²) in [4.78, 5) is 0. The van der Waals surface area contributed by atoms with Crippen molar-refractivity contribution in [2.75, 3.05) is 13.2 Å². The Kier molecular flexibility index (Phi) is 3.55. The standard InChI is InChI=1S/C13H16N2O/c14-9-13(15-7-8-16)12-5-3-11(4-6-12)10-1-2-10/h3-6,10,13,15-16H,1-2,7-8H2. The van der Waals surface area contributed by atoms with Crippen molar-refractivity contribution in [3.05, 3.63) is 35.4 Å². The van der Waals surface area contributed by atoms with Crippen molar-refractivity contribution in [1.29, 1.82) is 5.26 Å². The lowest BCUT2D eigenvalue weighted by Crippen LogP contribution is -2.23. The van der Waals surface area contributed by atoms with Gasteiger partial charge in [-0.2, -0.15) is 5.26 Å². The average molecular weight is 216 g/mol. The molecule has 0 bridgehead atoms. The highest BCUT2D eigenvalue weighted by Crippen LogP contribution is 2.40. The molecule has 2 N–H and O–H groups in total. The van der Waals surface area contributed by atoms with Crippen molar-refractivity contribution in [3.8, 4) is 6.07 Å². The molecule has 1 fully saturated rings. The third-order valence-electron chi connectivity index (χ3n) is 2.91. The van der Waals surface area contributed by atoms with E-state index in [-0.39, 0.29) is 12.6 Å².